The van der Waals surface area contributed by atoms with Crippen molar-refractivity contribution in [2.75, 3.05) is 67.6 Å². The smallest absolute Gasteiger partial charge is 0.243 e. The summed E-state index contributed by atoms with van der Waals surface area (Å²) < 4.78 is 10.5. The maximum atomic E-state index is 11.9. The van der Waals surface area contributed by atoms with Crippen molar-refractivity contribution in [3.8, 4) is 5.75 Å². The zero-order chi connectivity index (χ0) is 21.1. The van der Waals surface area contributed by atoms with Crippen LogP contribution in [0.1, 0.15) is 24.4 Å². The Bertz CT molecular complexity index is 666. The summed E-state index contributed by atoms with van der Waals surface area (Å²) in [5, 5.41) is 6.65. The Morgan fingerprint density at radius 3 is 2.60 bits per heavy atom. The number of methoxy groups -OCH3 is 2. The van der Waals surface area contributed by atoms with Gasteiger partial charge in [0.2, 0.25) is 5.91 Å². The number of nitrogens with one attached hydrogen (secondary N) is 2. The highest BCUT2D eigenvalue weighted by Gasteiger charge is 2.24. The highest BCUT2D eigenvalue weighted by atomic mass is 127. The van der Waals surface area contributed by atoms with Gasteiger partial charge in [-0.25, -0.2) is 4.99 Å². The van der Waals surface area contributed by atoms with Crippen LogP contribution >= 0.6 is 24.0 Å². The summed E-state index contributed by atoms with van der Waals surface area (Å²) in [4.78, 5) is 20.4. The van der Waals surface area contributed by atoms with Crippen molar-refractivity contribution in [2.24, 2.45) is 4.99 Å². The largest absolute Gasteiger partial charge is 0.497 e. The molecule has 9 heteroatoms. The van der Waals surface area contributed by atoms with Crippen molar-refractivity contribution in [3.05, 3.63) is 29.8 Å². The van der Waals surface area contributed by atoms with Gasteiger partial charge in [-0.1, -0.05) is 12.1 Å². The second-order valence-corrected chi connectivity index (χ2v) is 7.29. The minimum Gasteiger partial charge on any atom is -0.497 e. The number of ether oxygens (including phenoxy) is 2. The van der Waals surface area contributed by atoms with Gasteiger partial charge in [0.1, 0.15) is 12.3 Å². The molecule has 0 aliphatic carbocycles. The van der Waals surface area contributed by atoms with Crippen molar-refractivity contribution in [3.63, 3.8) is 0 Å². The fraction of sp³-hybridized carbons (Fsp3) is 0.619. The van der Waals surface area contributed by atoms with E-state index < -0.39 is 0 Å². The van der Waals surface area contributed by atoms with Gasteiger partial charge >= 0.3 is 0 Å². The molecule has 0 aromatic heterocycles. The van der Waals surface area contributed by atoms with Crippen LogP contribution in [-0.2, 0) is 9.53 Å². The Hall–Kier alpha value is -1.59. The zero-order valence-corrected chi connectivity index (χ0v) is 20.8. The van der Waals surface area contributed by atoms with E-state index in [1.54, 1.807) is 33.2 Å². The number of amides is 1. The number of halogens is 1. The van der Waals surface area contributed by atoms with Crippen LogP contribution in [0.2, 0.25) is 0 Å². The van der Waals surface area contributed by atoms with Crippen molar-refractivity contribution >= 4 is 35.8 Å². The molecule has 1 aromatic carbocycles. The molecular formula is C21H36IN5O3. The lowest BCUT2D eigenvalue weighted by Crippen LogP contribution is -2.44. The van der Waals surface area contributed by atoms with Crippen LogP contribution < -0.4 is 15.4 Å². The zero-order valence-electron chi connectivity index (χ0n) is 18.5. The first kappa shape index (κ1) is 26.4. The second kappa shape index (κ2) is 14.4. The molecule has 0 radical (unpaired) electrons. The van der Waals surface area contributed by atoms with Gasteiger partial charge in [-0.05, 0) is 43.6 Å². The Balaban J connectivity index is 0.00000450. The Kier molecular flexibility index (Phi) is 12.7. The molecule has 1 atom stereocenters. The lowest BCUT2D eigenvalue weighted by molar-refractivity contribution is -0.127. The van der Waals surface area contributed by atoms with Crippen molar-refractivity contribution < 1.29 is 14.3 Å². The van der Waals surface area contributed by atoms with Crippen molar-refractivity contribution in [1.82, 2.24) is 20.4 Å². The number of rotatable bonds is 10. The van der Waals surface area contributed by atoms with Gasteiger partial charge in [0.15, 0.2) is 5.96 Å². The average molecular weight is 533 g/mol. The number of likely N-dealkylation sites (N-methyl/N-ethyl adjacent to an activating group) is 1. The summed E-state index contributed by atoms with van der Waals surface area (Å²) >= 11 is 0. The number of carbonyl (C=O) groups is 1. The van der Waals surface area contributed by atoms with E-state index >= 15 is 0 Å². The monoisotopic (exact) mass is 533 g/mol. The lowest BCUT2D eigenvalue weighted by Gasteiger charge is -2.29. The van der Waals surface area contributed by atoms with Crippen LogP contribution in [0.4, 0.5) is 0 Å². The number of guanidine groups is 1. The second-order valence-electron chi connectivity index (χ2n) is 7.29. The Morgan fingerprint density at radius 2 is 1.97 bits per heavy atom. The van der Waals surface area contributed by atoms with Gasteiger partial charge in [-0.2, -0.15) is 0 Å². The van der Waals surface area contributed by atoms with Gasteiger partial charge in [0.05, 0.1) is 19.8 Å². The maximum absolute atomic E-state index is 11.9. The van der Waals surface area contributed by atoms with E-state index in [-0.39, 0.29) is 42.5 Å². The number of nitrogens with zero attached hydrogens (tertiary/aromatic N) is 3. The van der Waals surface area contributed by atoms with E-state index in [9.17, 15) is 4.79 Å². The molecule has 170 valence electrons. The predicted octanol–water partition coefficient (Wildman–Crippen LogP) is 1.72. The summed E-state index contributed by atoms with van der Waals surface area (Å²) in [7, 11) is 6.81. The van der Waals surface area contributed by atoms with Gasteiger partial charge in [0.25, 0.3) is 0 Å². The first-order valence-electron chi connectivity index (χ1n) is 10.1. The van der Waals surface area contributed by atoms with Crippen LogP contribution in [0, 0.1) is 0 Å². The molecule has 1 aliphatic heterocycles. The lowest BCUT2D eigenvalue weighted by atomic mass is 10.1. The molecular weight excluding hydrogens is 497 g/mol. The summed E-state index contributed by atoms with van der Waals surface area (Å²) in [5.74, 6) is 1.43. The minimum absolute atomic E-state index is 0. The van der Waals surface area contributed by atoms with Crippen LogP contribution in [0.25, 0.3) is 0 Å². The minimum atomic E-state index is -0.0401. The number of likely N-dealkylation sites (tertiary alicyclic amines) is 1. The van der Waals surface area contributed by atoms with Crippen LogP contribution in [0.3, 0.4) is 0 Å². The number of aliphatic imine (C=N–C) groups is 1. The fourth-order valence-corrected chi connectivity index (χ4v) is 3.29. The van der Waals surface area contributed by atoms with E-state index in [2.05, 4.69) is 32.7 Å². The first-order valence-corrected chi connectivity index (χ1v) is 10.1. The Labute approximate surface area is 197 Å². The normalized spacial score (nSPS) is 15.3. The third-order valence-corrected chi connectivity index (χ3v) is 4.99. The van der Waals surface area contributed by atoms with Gasteiger partial charge in [-0.15, -0.1) is 24.0 Å². The summed E-state index contributed by atoms with van der Waals surface area (Å²) in [6.45, 7) is 4.11. The highest BCUT2D eigenvalue weighted by molar-refractivity contribution is 14.0. The Morgan fingerprint density at radius 1 is 1.23 bits per heavy atom. The fourth-order valence-electron chi connectivity index (χ4n) is 3.29. The molecule has 1 saturated heterocycles. The van der Waals surface area contributed by atoms with Gasteiger partial charge in [0, 0.05) is 34.3 Å². The third kappa shape index (κ3) is 8.65. The summed E-state index contributed by atoms with van der Waals surface area (Å²) in [5.41, 5.74) is 1.21. The number of carbonyl (C=O) groups excluding carboxylic acids is 1. The van der Waals surface area contributed by atoms with Crippen molar-refractivity contribution in [1.29, 1.82) is 0 Å². The maximum Gasteiger partial charge on any atom is 0.243 e. The molecule has 1 amide bonds. The topological polar surface area (TPSA) is 78.4 Å². The summed E-state index contributed by atoms with van der Waals surface area (Å²) in [6, 6.07) is 8.42. The SMILES string of the molecule is COCCNC(=NCC(=O)N(C)C)NCC(c1cccc(OC)c1)N1CCCC1.I. The van der Waals surface area contributed by atoms with E-state index in [0.29, 0.717) is 25.7 Å². The molecule has 0 spiro atoms. The molecule has 8 nitrogen and oxygen atoms in total. The molecule has 30 heavy (non-hydrogen) atoms. The molecule has 2 rings (SSSR count). The van der Waals surface area contributed by atoms with Crippen LogP contribution in [0.15, 0.2) is 29.3 Å². The molecule has 1 heterocycles. The average Bonchev–Trinajstić information content (AvgIpc) is 3.26. The van der Waals surface area contributed by atoms with E-state index in [0.717, 1.165) is 18.8 Å². The van der Waals surface area contributed by atoms with Crippen LogP contribution in [0.5, 0.6) is 5.75 Å². The molecule has 1 fully saturated rings. The quantitative estimate of drug-likeness (QED) is 0.207. The molecule has 2 N–H and O–H groups in total. The molecule has 0 bridgehead atoms. The van der Waals surface area contributed by atoms with Crippen molar-refractivity contribution in [2.45, 2.75) is 18.9 Å². The van der Waals surface area contributed by atoms with Crippen LogP contribution in [-0.4, -0.2) is 89.3 Å². The molecule has 0 saturated carbocycles. The first-order chi connectivity index (χ1) is 14.0. The standard InChI is InChI=1S/C21H35N5O3.HI/c1-25(2)20(27)16-24-21(22-10-13-28-3)23-15-19(26-11-5-6-12-26)17-8-7-9-18(14-17)29-4;/h7-9,14,19H,5-6,10-13,15-16H2,1-4H3,(H2,22,23,24);1H. The van der Waals surface area contributed by atoms with Gasteiger partial charge < -0.3 is 25.0 Å². The van der Waals surface area contributed by atoms with E-state index in [1.165, 1.54) is 18.4 Å². The molecule has 1 aromatic rings. The van der Waals surface area contributed by atoms with E-state index in [1.807, 2.05) is 12.1 Å². The third-order valence-electron chi connectivity index (χ3n) is 4.99. The molecule has 1 aliphatic rings. The molecule has 1 unspecified atom stereocenters. The highest BCUT2D eigenvalue weighted by Crippen LogP contribution is 2.27. The summed E-state index contributed by atoms with van der Waals surface area (Å²) in [6.07, 6.45) is 2.43. The predicted molar refractivity (Wildman–Crippen MR) is 131 cm³/mol. The number of hydrogen-bond acceptors (Lipinski definition) is 5. The number of hydrogen-bond donors (Lipinski definition) is 2. The van der Waals surface area contributed by atoms with E-state index in [4.69, 9.17) is 9.47 Å². The van der Waals surface area contributed by atoms with Gasteiger partial charge in [-0.3, -0.25) is 9.69 Å². The number of benzene rings is 1.